The van der Waals surface area contributed by atoms with E-state index in [9.17, 15) is 0 Å². The third-order valence-corrected chi connectivity index (χ3v) is 4.29. The lowest BCUT2D eigenvalue weighted by Gasteiger charge is -2.34. The van der Waals surface area contributed by atoms with Crippen molar-refractivity contribution in [2.45, 2.75) is 32.4 Å². The number of hydrogen-bond acceptors (Lipinski definition) is 3. The molecule has 20 heavy (non-hydrogen) atoms. The Hall–Kier alpha value is -0.420. The second-order valence-corrected chi connectivity index (χ2v) is 6.47. The Bertz CT molecular complexity index is 393. The van der Waals surface area contributed by atoms with Gasteiger partial charge in [0, 0.05) is 17.1 Å². The van der Waals surface area contributed by atoms with E-state index >= 15 is 0 Å². The van der Waals surface area contributed by atoms with Gasteiger partial charge in [-0.25, -0.2) is 0 Å². The summed E-state index contributed by atoms with van der Waals surface area (Å²) in [5.74, 6) is 0. The molecule has 1 aromatic rings. The molecule has 0 aliphatic rings. The molecule has 0 fully saturated rings. The smallest absolute Gasteiger partial charge is 0.0507 e. The molecular formula is C16H28BrN3. The first-order valence-corrected chi connectivity index (χ1v) is 8.15. The maximum Gasteiger partial charge on any atom is 0.0507 e. The highest BCUT2D eigenvalue weighted by Gasteiger charge is 2.24. The van der Waals surface area contributed by atoms with Gasteiger partial charge in [0.15, 0.2) is 0 Å². The summed E-state index contributed by atoms with van der Waals surface area (Å²) < 4.78 is 1.15. The second-order valence-electron chi connectivity index (χ2n) is 5.61. The lowest BCUT2D eigenvalue weighted by molar-refractivity contribution is 0.176. The van der Waals surface area contributed by atoms with E-state index in [0.29, 0.717) is 0 Å². The zero-order valence-electron chi connectivity index (χ0n) is 13.1. The van der Waals surface area contributed by atoms with Gasteiger partial charge in [0.2, 0.25) is 0 Å². The predicted octanol–water partition coefficient (Wildman–Crippen LogP) is 3.11. The lowest BCUT2D eigenvalue weighted by atomic mass is 9.99. The van der Waals surface area contributed by atoms with Crippen LogP contribution in [0.1, 0.15) is 31.9 Å². The molecule has 2 unspecified atom stereocenters. The van der Waals surface area contributed by atoms with Gasteiger partial charge < -0.3 is 10.6 Å². The van der Waals surface area contributed by atoms with Crippen LogP contribution in [0.2, 0.25) is 0 Å². The minimum Gasteiger partial charge on any atom is -0.326 e. The van der Waals surface area contributed by atoms with Crippen molar-refractivity contribution in [1.82, 2.24) is 9.80 Å². The van der Waals surface area contributed by atoms with E-state index in [1.165, 1.54) is 5.56 Å². The monoisotopic (exact) mass is 341 g/mol. The normalized spacial score (nSPS) is 14.8. The fourth-order valence-electron chi connectivity index (χ4n) is 2.61. The fraction of sp³-hybridized carbons (Fsp3) is 0.625. The Morgan fingerprint density at radius 1 is 1.20 bits per heavy atom. The summed E-state index contributed by atoms with van der Waals surface area (Å²) in [6.07, 6.45) is 1.16. The summed E-state index contributed by atoms with van der Waals surface area (Å²) >= 11 is 3.66. The molecule has 0 saturated carbocycles. The third kappa shape index (κ3) is 5.17. The van der Waals surface area contributed by atoms with E-state index in [1.54, 1.807) is 0 Å². The minimum absolute atomic E-state index is 0.105. The molecule has 0 amide bonds. The van der Waals surface area contributed by atoms with E-state index in [-0.39, 0.29) is 12.1 Å². The van der Waals surface area contributed by atoms with Crippen LogP contribution in [0.3, 0.4) is 0 Å². The second kappa shape index (κ2) is 8.78. The molecule has 0 aliphatic carbocycles. The zero-order chi connectivity index (χ0) is 15.1. The molecule has 2 atom stereocenters. The molecule has 0 aliphatic heterocycles. The van der Waals surface area contributed by atoms with Crippen molar-refractivity contribution in [2.75, 3.05) is 33.7 Å². The van der Waals surface area contributed by atoms with Gasteiger partial charge >= 0.3 is 0 Å². The van der Waals surface area contributed by atoms with Gasteiger partial charge in [0.1, 0.15) is 0 Å². The summed E-state index contributed by atoms with van der Waals surface area (Å²) in [6.45, 7) is 7.50. The van der Waals surface area contributed by atoms with Crippen LogP contribution in [-0.4, -0.2) is 49.6 Å². The number of hydrogen-bond donors (Lipinski definition) is 1. The van der Waals surface area contributed by atoms with E-state index in [2.05, 4.69) is 71.9 Å². The molecule has 4 heteroatoms. The van der Waals surface area contributed by atoms with Crippen LogP contribution in [-0.2, 0) is 0 Å². The lowest BCUT2D eigenvalue weighted by Crippen LogP contribution is -2.40. The highest BCUT2D eigenvalue weighted by molar-refractivity contribution is 9.10. The van der Waals surface area contributed by atoms with Crippen LogP contribution in [0.4, 0.5) is 0 Å². The van der Waals surface area contributed by atoms with Crippen molar-refractivity contribution < 1.29 is 0 Å². The van der Waals surface area contributed by atoms with Crippen molar-refractivity contribution in [3.8, 4) is 0 Å². The van der Waals surface area contributed by atoms with Gasteiger partial charge in [-0.2, -0.15) is 0 Å². The number of rotatable bonds is 8. The number of benzene rings is 1. The summed E-state index contributed by atoms with van der Waals surface area (Å²) in [5.41, 5.74) is 7.56. The highest BCUT2D eigenvalue weighted by atomic mass is 79.9. The number of nitrogens with zero attached hydrogens (tertiary/aromatic N) is 2. The predicted molar refractivity (Wildman–Crippen MR) is 91.0 cm³/mol. The largest absolute Gasteiger partial charge is 0.326 e. The number of halogens is 1. The number of nitrogens with two attached hydrogens (primary N) is 1. The Labute approximate surface area is 132 Å². The highest BCUT2D eigenvalue weighted by Crippen LogP contribution is 2.29. The minimum atomic E-state index is 0.105. The van der Waals surface area contributed by atoms with Gasteiger partial charge in [0.25, 0.3) is 0 Å². The van der Waals surface area contributed by atoms with Crippen LogP contribution in [0.5, 0.6) is 0 Å². The van der Waals surface area contributed by atoms with E-state index in [4.69, 9.17) is 5.73 Å². The van der Waals surface area contributed by atoms with E-state index in [1.807, 2.05) is 6.07 Å². The third-order valence-electron chi connectivity index (χ3n) is 3.57. The van der Waals surface area contributed by atoms with Gasteiger partial charge in [-0.05, 0) is 52.2 Å². The molecule has 0 bridgehead atoms. The molecule has 1 rings (SSSR count). The standard InChI is InChI=1S/C16H28BrN3/c1-5-20(12-8-11-19(3)4)16(13(2)18)14-9-6-7-10-15(14)17/h6-7,9-10,13,16H,5,8,11-12,18H2,1-4H3. The molecule has 0 spiro atoms. The molecular weight excluding hydrogens is 314 g/mol. The van der Waals surface area contributed by atoms with Crippen LogP contribution < -0.4 is 5.73 Å². The first-order valence-electron chi connectivity index (χ1n) is 7.36. The van der Waals surface area contributed by atoms with Crippen LogP contribution in [0.25, 0.3) is 0 Å². The zero-order valence-corrected chi connectivity index (χ0v) is 14.7. The Kier molecular flexibility index (Phi) is 7.74. The fourth-order valence-corrected chi connectivity index (χ4v) is 3.13. The maximum absolute atomic E-state index is 6.27. The van der Waals surface area contributed by atoms with E-state index in [0.717, 1.165) is 30.5 Å². The molecule has 0 aromatic heterocycles. The Balaban J connectivity index is 2.85. The molecule has 0 saturated heterocycles. The average Bonchev–Trinajstić information content (AvgIpc) is 2.38. The summed E-state index contributed by atoms with van der Waals surface area (Å²) in [5, 5.41) is 0. The van der Waals surface area contributed by atoms with Crippen LogP contribution in [0, 0.1) is 0 Å². The van der Waals surface area contributed by atoms with Crippen molar-refractivity contribution in [2.24, 2.45) is 5.73 Å². The summed E-state index contributed by atoms with van der Waals surface area (Å²) in [6, 6.07) is 8.77. The first-order chi connectivity index (χ1) is 9.47. The quantitative estimate of drug-likeness (QED) is 0.788. The molecule has 0 heterocycles. The van der Waals surface area contributed by atoms with Gasteiger partial charge in [0.05, 0.1) is 6.04 Å². The topological polar surface area (TPSA) is 32.5 Å². The molecule has 1 aromatic carbocycles. The van der Waals surface area contributed by atoms with Gasteiger partial charge in [-0.15, -0.1) is 0 Å². The van der Waals surface area contributed by atoms with E-state index < -0.39 is 0 Å². The Morgan fingerprint density at radius 2 is 1.85 bits per heavy atom. The first kappa shape index (κ1) is 17.6. The Morgan fingerprint density at radius 3 is 2.35 bits per heavy atom. The summed E-state index contributed by atoms with van der Waals surface area (Å²) in [4.78, 5) is 4.71. The summed E-state index contributed by atoms with van der Waals surface area (Å²) in [7, 11) is 4.24. The average molecular weight is 342 g/mol. The molecule has 0 radical (unpaired) electrons. The van der Waals surface area contributed by atoms with Crippen molar-refractivity contribution in [1.29, 1.82) is 0 Å². The SMILES string of the molecule is CCN(CCCN(C)C)C(c1ccccc1Br)C(C)N. The molecule has 114 valence electrons. The van der Waals surface area contributed by atoms with Crippen molar-refractivity contribution in [3.05, 3.63) is 34.3 Å². The number of likely N-dealkylation sites (N-methyl/N-ethyl adjacent to an activating group) is 1. The maximum atomic E-state index is 6.27. The van der Waals surface area contributed by atoms with Crippen molar-refractivity contribution >= 4 is 15.9 Å². The molecule has 3 nitrogen and oxygen atoms in total. The van der Waals surface area contributed by atoms with Gasteiger partial charge in [-0.3, -0.25) is 4.90 Å². The van der Waals surface area contributed by atoms with Gasteiger partial charge in [-0.1, -0.05) is 41.1 Å². The van der Waals surface area contributed by atoms with Crippen molar-refractivity contribution in [3.63, 3.8) is 0 Å². The van der Waals surface area contributed by atoms with Crippen LogP contribution in [0.15, 0.2) is 28.7 Å². The van der Waals surface area contributed by atoms with Crippen LogP contribution >= 0.6 is 15.9 Å². The molecule has 2 N–H and O–H groups in total.